The van der Waals surface area contributed by atoms with Crippen LogP contribution in [0.3, 0.4) is 0 Å². The lowest BCUT2D eigenvalue weighted by Gasteiger charge is -2.16. The summed E-state index contributed by atoms with van der Waals surface area (Å²) in [5, 5.41) is 30.4. The minimum absolute atomic E-state index is 0.146. The number of rotatable bonds is 11. The van der Waals surface area contributed by atoms with Crippen molar-refractivity contribution in [1.29, 1.82) is 0 Å². The summed E-state index contributed by atoms with van der Waals surface area (Å²) < 4.78 is 0. The van der Waals surface area contributed by atoms with E-state index in [1.807, 2.05) is 158 Å². The largest absolute Gasteiger partial charge is 0.490 e. The van der Waals surface area contributed by atoms with Gasteiger partial charge in [0, 0.05) is 98.3 Å². The first-order valence-electron chi connectivity index (χ1n) is 32.8. The van der Waals surface area contributed by atoms with Crippen LogP contribution in [0.25, 0.3) is 179 Å². The first-order chi connectivity index (χ1) is 50.7. The molecule has 7 aromatic heterocycles. The molecule has 0 radical (unpaired) electrons. The molecule has 0 unspecified atom stereocenters. The van der Waals surface area contributed by atoms with Gasteiger partial charge in [0.1, 0.15) is 0 Å². The van der Waals surface area contributed by atoms with E-state index in [4.69, 9.17) is 73.1 Å². The third kappa shape index (κ3) is 12.6. The van der Waals surface area contributed by atoms with Crippen LogP contribution in [0.1, 0.15) is 0 Å². The highest BCUT2D eigenvalue weighted by Gasteiger charge is 2.23. The van der Waals surface area contributed by atoms with Crippen molar-refractivity contribution >= 4 is 100 Å². The average molecular weight is 1370 g/mol. The zero-order valence-corrected chi connectivity index (χ0v) is 55.7. The summed E-state index contributed by atoms with van der Waals surface area (Å²) in [6.45, 7) is 0. The number of hydrogen-bond acceptors (Lipinski definition) is 17. The van der Waals surface area contributed by atoms with E-state index in [0.29, 0.717) is 63.7 Å². The number of benzene rings is 12. The zero-order chi connectivity index (χ0) is 69.3. The molecule has 0 aliphatic carbocycles. The molecule has 12 aromatic carbocycles. The van der Waals surface area contributed by atoms with Gasteiger partial charge in [-0.05, 0) is 142 Å². The van der Waals surface area contributed by atoms with Crippen LogP contribution in [0.15, 0.2) is 292 Å². The van der Waals surface area contributed by atoms with Gasteiger partial charge in [-0.15, -0.1) is 0 Å². The van der Waals surface area contributed by atoms with Gasteiger partial charge in [-0.1, -0.05) is 200 Å². The van der Waals surface area contributed by atoms with Crippen LogP contribution >= 0.6 is 23.2 Å². The van der Waals surface area contributed by atoms with Crippen LogP contribution in [0, 0.1) is 0 Å². The lowest BCUT2D eigenvalue weighted by Crippen LogP contribution is -2.29. The predicted molar refractivity (Wildman–Crippen MR) is 408 cm³/mol. The van der Waals surface area contributed by atoms with Gasteiger partial charge in [0.15, 0.2) is 58.2 Å². The molecule has 0 fully saturated rings. The van der Waals surface area contributed by atoms with Crippen molar-refractivity contribution in [3.05, 3.63) is 303 Å². The van der Waals surface area contributed by atoms with Crippen LogP contribution < -0.4 is 5.46 Å². The van der Waals surface area contributed by atoms with Crippen LogP contribution in [-0.2, 0) is 0 Å². The van der Waals surface area contributed by atoms with Crippen molar-refractivity contribution in [3.63, 3.8) is 0 Å². The van der Waals surface area contributed by atoms with Gasteiger partial charge in [0.25, 0.3) is 0 Å². The summed E-state index contributed by atoms with van der Waals surface area (Å²) >= 11 is 12.8. The molecule has 0 amide bonds. The SMILES string of the molecule is Clc1nc(-c2ccccc2)nc(-c2ccc3ccc4c(-c5nc(Cl)nc(-c6ccccc6)n5)ccc5ccc2c3c54)n1.OB(O)c1cccnc1.c1ccc(-c2nc(-c3cccnc3)nc(-c3ccc4ccc5c(-c6nc(-c7ccccc7)nc(-c7cccnc7)n6)ccc6ccc3c4c65)n2)cc1. The van der Waals surface area contributed by atoms with Gasteiger partial charge in [0.2, 0.25) is 10.6 Å². The number of halogens is 2. The maximum Gasteiger partial charge on any atom is 0.490 e. The Morgan fingerprint density at radius 3 is 0.738 bits per heavy atom. The van der Waals surface area contributed by atoms with Gasteiger partial charge in [0.05, 0.1) is 0 Å². The Hall–Kier alpha value is -13.2. The maximum atomic E-state index is 8.54. The molecular formula is C83H50BCl2N15O2. The molecule has 2 N–H and O–H groups in total. The molecule has 0 bridgehead atoms. The summed E-state index contributed by atoms with van der Waals surface area (Å²) in [6, 6.07) is 84.4. The molecule has 0 saturated carbocycles. The standard InChI is InChI=1S/C44H26N8.C34H18Cl2N6.C5H6BNO2/c1-3-9-29(10-4-1)39-47-41(31-13-7-23-45-25-31)51-43(49-39)35-21-17-27-16-20-34-36(22-18-28-15-19-33(35)37(27)38(28)34)44-50-40(30-11-5-2-6-12-30)48-42(52-44)32-14-8-24-46-26-32;35-33-39-29(21-7-3-1-4-8-21)37-31(41-33)25-17-13-19-12-16-24-26(18-14-20-11-15-23(25)27(19)28(20)24)32-38-30(40-34(36)42-32)22-9-5-2-6-10-22;8-6(9)5-2-1-3-7-4-5/h1-26H;1-18H;1-4,8-9H. The molecule has 0 aliphatic heterocycles. The molecule has 17 nitrogen and oxygen atoms in total. The highest BCUT2D eigenvalue weighted by atomic mass is 35.5. The van der Waals surface area contributed by atoms with Crippen molar-refractivity contribution < 1.29 is 10.0 Å². The lowest BCUT2D eigenvalue weighted by molar-refractivity contribution is 0.425. The Bertz CT molecular complexity index is 5830. The summed E-state index contributed by atoms with van der Waals surface area (Å²) in [5.41, 5.74) is 9.21. The fourth-order valence-corrected chi connectivity index (χ4v) is 13.3. The molecule has 19 aromatic rings. The van der Waals surface area contributed by atoms with Crippen molar-refractivity contribution in [1.82, 2.24) is 74.8 Å². The van der Waals surface area contributed by atoms with Crippen molar-refractivity contribution in [2.45, 2.75) is 0 Å². The summed E-state index contributed by atoms with van der Waals surface area (Å²) in [4.78, 5) is 69.7. The summed E-state index contributed by atoms with van der Waals surface area (Å²) in [6.07, 6.45) is 10.0. The van der Waals surface area contributed by atoms with Gasteiger partial charge in [-0.25, -0.2) is 39.9 Å². The smallest absolute Gasteiger partial charge is 0.423 e. The van der Waals surface area contributed by atoms with Crippen LogP contribution in [-0.4, -0.2) is 91.9 Å². The minimum Gasteiger partial charge on any atom is -0.423 e. The number of aromatic nitrogens is 15. The normalized spacial score (nSPS) is 11.3. The molecule has 103 heavy (non-hydrogen) atoms. The van der Waals surface area contributed by atoms with Gasteiger partial charge >= 0.3 is 7.12 Å². The molecule has 0 spiro atoms. The Balaban J connectivity index is 0.000000139. The van der Waals surface area contributed by atoms with E-state index in [1.54, 1.807) is 43.1 Å². The first kappa shape index (κ1) is 63.2. The molecule has 0 aliphatic rings. The van der Waals surface area contributed by atoms with E-state index in [0.717, 1.165) is 120 Å². The Morgan fingerprint density at radius 2 is 0.466 bits per heavy atom. The molecule has 19 rings (SSSR count). The lowest BCUT2D eigenvalue weighted by atomic mass is 9.82. The van der Waals surface area contributed by atoms with Crippen molar-refractivity contribution in [2.75, 3.05) is 0 Å². The molecule has 7 heterocycles. The highest BCUT2D eigenvalue weighted by Crippen LogP contribution is 2.45. The summed E-state index contributed by atoms with van der Waals surface area (Å²) in [7, 11) is -1.40. The highest BCUT2D eigenvalue weighted by molar-refractivity contribution is 6.58. The van der Waals surface area contributed by atoms with Gasteiger partial charge < -0.3 is 10.0 Å². The van der Waals surface area contributed by atoms with E-state index in [2.05, 4.69) is 120 Å². The molecule has 0 saturated heterocycles. The Labute approximate surface area is 598 Å². The Morgan fingerprint density at radius 1 is 0.223 bits per heavy atom. The second-order valence-electron chi connectivity index (χ2n) is 24.0. The average Bonchev–Trinajstić information content (AvgIpc) is 0.730. The van der Waals surface area contributed by atoms with Gasteiger partial charge in [-0.2, -0.15) is 19.9 Å². The maximum absolute atomic E-state index is 8.54. The number of hydrogen-bond donors (Lipinski definition) is 2. The third-order valence-corrected chi connectivity index (χ3v) is 18.1. The van der Waals surface area contributed by atoms with Crippen LogP contribution in [0.5, 0.6) is 0 Å². The minimum atomic E-state index is -1.40. The van der Waals surface area contributed by atoms with Crippen LogP contribution in [0.2, 0.25) is 10.6 Å². The van der Waals surface area contributed by atoms with E-state index in [-0.39, 0.29) is 10.6 Å². The van der Waals surface area contributed by atoms with E-state index in [9.17, 15) is 0 Å². The van der Waals surface area contributed by atoms with E-state index < -0.39 is 7.12 Å². The molecule has 0 atom stereocenters. The van der Waals surface area contributed by atoms with Crippen molar-refractivity contribution in [3.8, 4) is 114 Å². The topological polar surface area (TPSA) is 234 Å². The fraction of sp³-hybridized carbons (Fsp3) is 0. The van der Waals surface area contributed by atoms with Crippen LogP contribution in [0.4, 0.5) is 0 Å². The van der Waals surface area contributed by atoms with Gasteiger partial charge in [-0.3, -0.25) is 15.0 Å². The second kappa shape index (κ2) is 27.5. The first-order valence-corrected chi connectivity index (χ1v) is 33.5. The third-order valence-electron chi connectivity index (χ3n) is 17.7. The number of nitrogens with zero attached hydrogens (tertiary/aromatic N) is 15. The summed E-state index contributed by atoms with van der Waals surface area (Å²) in [5.74, 6) is 5.62. The van der Waals surface area contributed by atoms with E-state index in [1.165, 1.54) is 6.20 Å². The quantitative estimate of drug-likeness (QED) is 0.0905. The van der Waals surface area contributed by atoms with E-state index >= 15 is 0 Å². The predicted octanol–water partition coefficient (Wildman–Crippen LogP) is 17.4. The molecule has 20 heteroatoms. The fourth-order valence-electron chi connectivity index (χ4n) is 13.0. The number of pyridine rings is 3. The van der Waals surface area contributed by atoms with Crippen molar-refractivity contribution in [2.24, 2.45) is 0 Å². The Kier molecular flexibility index (Phi) is 16.9. The zero-order valence-electron chi connectivity index (χ0n) is 54.1. The molecular weight excluding hydrogens is 1320 g/mol. The monoisotopic (exact) mass is 1370 g/mol. The second-order valence-corrected chi connectivity index (χ2v) is 24.7. The molecule has 486 valence electrons.